The highest BCUT2D eigenvalue weighted by Gasteiger charge is 2.47. The molecular formula is C16H22N2O. The predicted molar refractivity (Wildman–Crippen MR) is 75.4 cm³/mol. The van der Waals surface area contributed by atoms with Gasteiger partial charge in [0.2, 0.25) is 5.91 Å². The van der Waals surface area contributed by atoms with Crippen molar-refractivity contribution in [3.63, 3.8) is 0 Å². The number of benzene rings is 1. The van der Waals surface area contributed by atoms with Crippen molar-refractivity contribution in [2.75, 3.05) is 0 Å². The Morgan fingerprint density at radius 3 is 2.58 bits per heavy atom. The van der Waals surface area contributed by atoms with Crippen molar-refractivity contribution in [1.29, 1.82) is 0 Å². The maximum absolute atomic E-state index is 12.6. The second-order valence-corrected chi connectivity index (χ2v) is 5.82. The number of carbonyl (C=O) groups excluding carboxylic acids is 1. The summed E-state index contributed by atoms with van der Waals surface area (Å²) in [6.45, 7) is 4.31. The second-order valence-electron chi connectivity index (χ2n) is 5.82. The smallest absolute Gasteiger partial charge is 0.241 e. The first-order valence-corrected chi connectivity index (χ1v) is 7.35. The molecule has 1 aromatic rings. The van der Waals surface area contributed by atoms with Crippen LogP contribution in [0.2, 0.25) is 0 Å². The molecule has 3 heteroatoms. The first kappa shape index (κ1) is 12.7. The fourth-order valence-electron chi connectivity index (χ4n) is 2.89. The molecule has 0 bridgehead atoms. The highest BCUT2D eigenvalue weighted by atomic mass is 16.2. The molecule has 1 aromatic carbocycles. The Bertz CT molecular complexity index is 455. The van der Waals surface area contributed by atoms with E-state index in [0.29, 0.717) is 17.9 Å². The largest absolute Gasteiger partial charge is 0.319 e. The summed E-state index contributed by atoms with van der Waals surface area (Å²) < 4.78 is 0. The van der Waals surface area contributed by atoms with Gasteiger partial charge in [0.25, 0.3) is 0 Å². The standard InChI is InChI=1S/C16H22N2O/c1-3-11(2)14-16(19)18(13-9-10-13)15(17-14)12-7-5-4-6-8-12/h4-8,11,13-15,17H,3,9-10H2,1-2H3. The molecule has 1 N–H and O–H groups in total. The minimum absolute atomic E-state index is 0.0178. The van der Waals surface area contributed by atoms with E-state index in [2.05, 4.69) is 36.2 Å². The average molecular weight is 258 g/mol. The minimum atomic E-state index is -0.0178. The van der Waals surface area contributed by atoms with Crippen LogP contribution < -0.4 is 5.32 Å². The second kappa shape index (κ2) is 4.97. The van der Waals surface area contributed by atoms with Gasteiger partial charge in [-0.1, -0.05) is 50.6 Å². The Morgan fingerprint density at radius 2 is 2.00 bits per heavy atom. The fourth-order valence-corrected chi connectivity index (χ4v) is 2.89. The van der Waals surface area contributed by atoms with Gasteiger partial charge >= 0.3 is 0 Å². The van der Waals surface area contributed by atoms with Gasteiger partial charge in [-0.25, -0.2) is 0 Å². The average Bonchev–Trinajstić information content (AvgIpc) is 3.22. The molecule has 3 unspecified atom stereocenters. The summed E-state index contributed by atoms with van der Waals surface area (Å²) in [5, 5.41) is 3.56. The summed E-state index contributed by atoms with van der Waals surface area (Å²) >= 11 is 0. The van der Waals surface area contributed by atoms with Crippen LogP contribution >= 0.6 is 0 Å². The van der Waals surface area contributed by atoms with Crippen LogP contribution in [0.25, 0.3) is 0 Å². The van der Waals surface area contributed by atoms with Crippen molar-refractivity contribution < 1.29 is 4.79 Å². The summed E-state index contributed by atoms with van der Waals surface area (Å²) in [5.74, 6) is 0.688. The molecule has 2 fully saturated rings. The van der Waals surface area contributed by atoms with Crippen molar-refractivity contribution in [3.05, 3.63) is 35.9 Å². The van der Waals surface area contributed by atoms with E-state index in [-0.39, 0.29) is 12.2 Å². The number of hydrogen-bond donors (Lipinski definition) is 1. The predicted octanol–water partition coefficient (Wildman–Crippen LogP) is 2.69. The summed E-state index contributed by atoms with van der Waals surface area (Å²) in [6, 6.07) is 10.8. The number of amides is 1. The zero-order chi connectivity index (χ0) is 13.4. The van der Waals surface area contributed by atoms with Gasteiger partial charge in [-0.15, -0.1) is 0 Å². The quantitative estimate of drug-likeness (QED) is 0.900. The highest BCUT2D eigenvalue weighted by molar-refractivity contribution is 5.85. The van der Waals surface area contributed by atoms with Crippen LogP contribution in [-0.2, 0) is 4.79 Å². The molecule has 0 spiro atoms. The van der Waals surface area contributed by atoms with Crippen LogP contribution in [0.5, 0.6) is 0 Å². The first-order chi connectivity index (χ1) is 9.22. The number of nitrogens with zero attached hydrogens (tertiary/aromatic N) is 1. The molecule has 1 saturated carbocycles. The van der Waals surface area contributed by atoms with Gasteiger partial charge in [0.05, 0.1) is 6.04 Å². The van der Waals surface area contributed by atoms with Gasteiger partial charge in [0.15, 0.2) is 0 Å². The van der Waals surface area contributed by atoms with Gasteiger partial charge in [0.1, 0.15) is 6.17 Å². The first-order valence-electron chi connectivity index (χ1n) is 7.35. The van der Waals surface area contributed by atoms with E-state index in [1.807, 2.05) is 18.2 Å². The van der Waals surface area contributed by atoms with E-state index in [1.165, 1.54) is 5.56 Å². The van der Waals surface area contributed by atoms with Gasteiger partial charge in [-0.05, 0) is 24.3 Å². The molecule has 0 radical (unpaired) electrons. The van der Waals surface area contributed by atoms with E-state index in [4.69, 9.17) is 0 Å². The van der Waals surface area contributed by atoms with Crippen molar-refractivity contribution >= 4 is 5.91 Å². The lowest BCUT2D eigenvalue weighted by atomic mass is 9.99. The van der Waals surface area contributed by atoms with Crippen molar-refractivity contribution in [2.45, 2.75) is 51.4 Å². The molecule has 0 aromatic heterocycles. The van der Waals surface area contributed by atoms with Crippen LogP contribution in [0.1, 0.15) is 44.8 Å². The van der Waals surface area contributed by atoms with E-state index < -0.39 is 0 Å². The molecule has 1 amide bonds. The van der Waals surface area contributed by atoms with Gasteiger partial charge < -0.3 is 4.90 Å². The van der Waals surface area contributed by atoms with E-state index in [1.54, 1.807) is 0 Å². The van der Waals surface area contributed by atoms with E-state index in [0.717, 1.165) is 19.3 Å². The van der Waals surface area contributed by atoms with Crippen molar-refractivity contribution in [3.8, 4) is 0 Å². The summed E-state index contributed by atoms with van der Waals surface area (Å²) in [7, 11) is 0. The molecule has 2 aliphatic rings. The van der Waals surface area contributed by atoms with Crippen LogP contribution in [0.4, 0.5) is 0 Å². The molecule has 1 aliphatic carbocycles. The lowest BCUT2D eigenvalue weighted by Gasteiger charge is -2.24. The van der Waals surface area contributed by atoms with Crippen LogP contribution in [0.15, 0.2) is 30.3 Å². The normalized spacial score (nSPS) is 28.7. The SMILES string of the molecule is CCC(C)C1NC(c2ccccc2)N(C2CC2)C1=O. The maximum atomic E-state index is 12.6. The Morgan fingerprint density at radius 1 is 1.32 bits per heavy atom. The van der Waals surface area contributed by atoms with E-state index >= 15 is 0 Å². The fraction of sp³-hybridized carbons (Fsp3) is 0.562. The third-order valence-corrected chi connectivity index (χ3v) is 4.40. The van der Waals surface area contributed by atoms with E-state index in [9.17, 15) is 4.79 Å². The molecule has 3 rings (SSSR count). The lowest BCUT2D eigenvalue weighted by Crippen LogP contribution is -2.36. The molecule has 102 valence electrons. The number of rotatable bonds is 4. The third-order valence-electron chi connectivity index (χ3n) is 4.40. The minimum Gasteiger partial charge on any atom is -0.319 e. The Hall–Kier alpha value is -1.35. The number of hydrogen-bond acceptors (Lipinski definition) is 2. The molecule has 1 aliphatic heterocycles. The van der Waals surface area contributed by atoms with Crippen molar-refractivity contribution in [2.24, 2.45) is 5.92 Å². The zero-order valence-electron chi connectivity index (χ0n) is 11.7. The topological polar surface area (TPSA) is 32.3 Å². The van der Waals surface area contributed by atoms with Gasteiger partial charge in [0, 0.05) is 6.04 Å². The molecule has 3 atom stereocenters. The lowest BCUT2D eigenvalue weighted by molar-refractivity contribution is -0.131. The summed E-state index contributed by atoms with van der Waals surface area (Å²) in [5.41, 5.74) is 1.20. The summed E-state index contributed by atoms with van der Waals surface area (Å²) in [6.07, 6.45) is 3.41. The Kier molecular flexibility index (Phi) is 3.31. The Labute approximate surface area is 115 Å². The van der Waals surface area contributed by atoms with Crippen LogP contribution in [0.3, 0.4) is 0 Å². The zero-order valence-corrected chi connectivity index (χ0v) is 11.7. The molecule has 19 heavy (non-hydrogen) atoms. The summed E-state index contributed by atoms with van der Waals surface area (Å²) in [4.78, 5) is 14.7. The monoisotopic (exact) mass is 258 g/mol. The van der Waals surface area contributed by atoms with Gasteiger partial charge in [-0.2, -0.15) is 0 Å². The molecule has 1 heterocycles. The third kappa shape index (κ3) is 2.27. The Balaban J connectivity index is 1.88. The maximum Gasteiger partial charge on any atom is 0.241 e. The van der Waals surface area contributed by atoms with Gasteiger partial charge in [-0.3, -0.25) is 10.1 Å². The van der Waals surface area contributed by atoms with Crippen molar-refractivity contribution in [1.82, 2.24) is 10.2 Å². The number of nitrogens with one attached hydrogen (secondary N) is 1. The molecular weight excluding hydrogens is 236 g/mol. The highest BCUT2D eigenvalue weighted by Crippen LogP contribution is 2.38. The number of carbonyl (C=O) groups is 1. The molecule has 3 nitrogen and oxygen atoms in total. The van der Waals surface area contributed by atoms with Crippen LogP contribution in [0, 0.1) is 5.92 Å². The van der Waals surface area contributed by atoms with Crippen LogP contribution in [-0.4, -0.2) is 22.9 Å². The molecule has 1 saturated heterocycles.